The molecule has 0 saturated heterocycles. The Bertz CT molecular complexity index is 413. The van der Waals surface area contributed by atoms with Crippen molar-refractivity contribution in [3.8, 4) is 5.75 Å². The molecule has 0 radical (unpaired) electrons. The van der Waals surface area contributed by atoms with Gasteiger partial charge >= 0.3 is 6.09 Å². The van der Waals surface area contributed by atoms with E-state index in [-0.39, 0.29) is 0 Å². The Morgan fingerprint density at radius 1 is 1.35 bits per heavy atom. The van der Waals surface area contributed by atoms with Gasteiger partial charge in [-0.05, 0) is 55.5 Å². The van der Waals surface area contributed by atoms with Crippen LogP contribution in [0.4, 0.5) is 10.5 Å². The van der Waals surface area contributed by atoms with Gasteiger partial charge in [-0.3, -0.25) is 5.32 Å². The Morgan fingerprint density at radius 3 is 2.53 bits per heavy atom. The second kappa shape index (κ2) is 5.57. The summed E-state index contributed by atoms with van der Waals surface area (Å²) in [6.07, 6.45) is -0.469. The number of ether oxygens (including phenoxy) is 2. The number of carbonyl (C=O) groups excluding carboxylic acids is 1. The Hall–Kier alpha value is -0.980. The van der Waals surface area contributed by atoms with E-state index in [0.29, 0.717) is 11.4 Å². The maximum Gasteiger partial charge on any atom is 0.412 e. The smallest absolute Gasteiger partial charge is 0.412 e. The maximum atomic E-state index is 11.6. The van der Waals surface area contributed by atoms with Crippen LogP contribution in [0.3, 0.4) is 0 Å². The zero-order chi connectivity index (χ0) is 13.1. The number of methoxy groups -OCH3 is 1. The lowest BCUT2D eigenvalue weighted by molar-refractivity contribution is 0.0636. The molecule has 17 heavy (non-hydrogen) atoms. The molecule has 0 unspecified atom stereocenters. The molecule has 1 amide bonds. The van der Waals surface area contributed by atoms with Gasteiger partial charge in [0, 0.05) is 9.64 Å². The monoisotopic (exact) mass is 349 g/mol. The molecule has 0 aliphatic heterocycles. The minimum Gasteiger partial charge on any atom is -0.497 e. The summed E-state index contributed by atoms with van der Waals surface area (Å²) in [5.74, 6) is 0.691. The topological polar surface area (TPSA) is 47.6 Å². The summed E-state index contributed by atoms with van der Waals surface area (Å²) in [5.41, 5.74) is 0.174. The van der Waals surface area contributed by atoms with Crippen LogP contribution in [0.2, 0.25) is 0 Å². The van der Waals surface area contributed by atoms with Crippen molar-refractivity contribution in [1.82, 2.24) is 0 Å². The molecular weight excluding hydrogens is 333 g/mol. The number of halogens is 1. The minimum atomic E-state index is -0.506. The quantitative estimate of drug-likeness (QED) is 0.830. The fourth-order valence-electron chi connectivity index (χ4n) is 1.14. The second-order valence-corrected chi connectivity index (χ2v) is 5.63. The molecule has 1 rings (SSSR count). The molecule has 94 valence electrons. The molecule has 0 aliphatic rings. The van der Waals surface area contributed by atoms with Gasteiger partial charge in [0.05, 0.1) is 12.8 Å². The molecule has 1 N–H and O–H groups in total. The van der Waals surface area contributed by atoms with Crippen LogP contribution in [0.5, 0.6) is 5.75 Å². The Morgan fingerprint density at radius 2 is 2.00 bits per heavy atom. The fourth-order valence-corrected chi connectivity index (χ4v) is 1.61. The lowest BCUT2D eigenvalue weighted by Crippen LogP contribution is -2.27. The van der Waals surface area contributed by atoms with Crippen LogP contribution < -0.4 is 10.1 Å². The summed E-state index contributed by atoms with van der Waals surface area (Å²) in [5, 5.41) is 2.69. The van der Waals surface area contributed by atoms with E-state index >= 15 is 0 Å². The first-order valence-electron chi connectivity index (χ1n) is 5.15. The molecule has 0 atom stereocenters. The van der Waals surface area contributed by atoms with E-state index in [1.165, 1.54) is 0 Å². The summed E-state index contributed by atoms with van der Waals surface area (Å²) >= 11 is 2.14. The Labute approximate surface area is 115 Å². The third-order valence-electron chi connectivity index (χ3n) is 1.81. The molecule has 1 aromatic carbocycles. The molecule has 0 heterocycles. The predicted octanol–water partition coefficient (Wildman–Crippen LogP) is 3.65. The number of hydrogen-bond donors (Lipinski definition) is 1. The molecule has 0 saturated carbocycles. The average molecular weight is 349 g/mol. The van der Waals surface area contributed by atoms with Crippen LogP contribution in [0.1, 0.15) is 20.8 Å². The summed E-state index contributed by atoms with van der Waals surface area (Å²) in [4.78, 5) is 11.6. The van der Waals surface area contributed by atoms with Crippen LogP contribution in [0, 0.1) is 3.57 Å². The molecule has 0 aliphatic carbocycles. The third kappa shape index (κ3) is 4.80. The Balaban J connectivity index is 2.77. The predicted molar refractivity (Wildman–Crippen MR) is 75.6 cm³/mol. The van der Waals surface area contributed by atoms with Crippen molar-refractivity contribution in [3.63, 3.8) is 0 Å². The zero-order valence-electron chi connectivity index (χ0n) is 10.3. The second-order valence-electron chi connectivity index (χ2n) is 4.47. The molecule has 0 spiro atoms. The highest BCUT2D eigenvalue weighted by molar-refractivity contribution is 14.1. The van der Waals surface area contributed by atoms with Gasteiger partial charge in [0.1, 0.15) is 11.4 Å². The third-order valence-corrected chi connectivity index (χ3v) is 2.75. The van der Waals surface area contributed by atoms with Crippen molar-refractivity contribution >= 4 is 34.4 Å². The number of carbonyl (C=O) groups is 1. The number of hydrogen-bond acceptors (Lipinski definition) is 3. The first kappa shape index (κ1) is 14.1. The normalized spacial score (nSPS) is 10.9. The number of rotatable bonds is 2. The molecule has 0 bridgehead atoms. The summed E-state index contributed by atoms with van der Waals surface area (Å²) < 4.78 is 11.2. The van der Waals surface area contributed by atoms with Crippen molar-refractivity contribution in [2.24, 2.45) is 0 Å². The van der Waals surface area contributed by atoms with E-state index in [0.717, 1.165) is 3.57 Å². The van der Waals surface area contributed by atoms with Crippen LogP contribution in [-0.2, 0) is 4.74 Å². The maximum absolute atomic E-state index is 11.6. The van der Waals surface area contributed by atoms with Gasteiger partial charge in [0.25, 0.3) is 0 Å². The van der Waals surface area contributed by atoms with Crippen LogP contribution in [0.15, 0.2) is 18.2 Å². The van der Waals surface area contributed by atoms with Gasteiger partial charge in [-0.2, -0.15) is 0 Å². The first-order valence-corrected chi connectivity index (χ1v) is 6.23. The molecule has 0 fully saturated rings. The number of amides is 1. The highest BCUT2D eigenvalue weighted by atomic mass is 127. The van der Waals surface area contributed by atoms with E-state index in [1.807, 2.05) is 32.9 Å². The van der Waals surface area contributed by atoms with Gasteiger partial charge in [-0.25, -0.2) is 4.79 Å². The summed E-state index contributed by atoms with van der Waals surface area (Å²) in [6.45, 7) is 5.47. The van der Waals surface area contributed by atoms with Gasteiger partial charge in [-0.15, -0.1) is 0 Å². The number of benzene rings is 1. The van der Waals surface area contributed by atoms with E-state index < -0.39 is 11.7 Å². The molecule has 1 aromatic rings. The highest BCUT2D eigenvalue weighted by Gasteiger charge is 2.17. The number of anilines is 1. The van der Waals surface area contributed by atoms with Crippen LogP contribution in [0.25, 0.3) is 0 Å². The lowest BCUT2D eigenvalue weighted by atomic mass is 10.2. The van der Waals surface area contributed by atoms with Crippen molar-refractivity contribution in [1.29, 1.82) is 0 Å². The van der Waals surface area contributed by atoms with Crippen molar-refractivity contribution in [2.75, 3.05) is 12.4 Å². The standard InChI is InChI=1S/C12H16INO3/c1-12(2,3)17-11(15)14-10-7-8(16-4)5-6-9(10)13/h5-7H,1-4H3,(H,14,15). The van der Waals surface area contributed by atoms with Gasteiger partial charge < -0.3 is 9.47 Å². The molecule has 5 heteroatoms. The largest absolute Gasteiger partial charge is 0.497 e. The van der Waals surface area contributed by atoms with Crippen LogP contribution in [-0.4, -0.2) is 18.8 Å². The van der Waals surface area contributed by atoms with Gasteiger partial charge in [-0.1, -0.05) is 0 Å². The van der Waals surface area contributed by atoms with Crippen molar-refractivity contribution < 1.29 is 14.3 Å². The lowest BCUT2D eigenvalue weighted by Gasteiger charge is -2.20. The van der Waals surface area contributed by atoms with Crippen molar-refractivity contribution in [2.45, 2.75) is 26.4 Å². The SMILES string of the molecule is COc1ccc(I)c(NC(=O)OC(C)(C)C)c1. The van der Waals surface area contributed by atoms with Gasteiger partial charge in [0.15, 0.2) is 0 Å². The summed E-state index contributed by atoms with van der Waals surface area (Å²) in [7, 11) is 1.58. The molecular formula is C12H16INO3. The zero-order valence-corrected chi connectivity index (χ0v) is 12.5. The number of nitrogens with one attached hydrogen (secondary N) is 1. The molecule has 0 aromatic heterocycles. The first-order chi connectivity index (χ1) is 7.81. The fraction of sp³-hybridized carbons (Fsp3) is 0.417. The van der Waals surface area contributed by atoms with E-state index in [1.54, 1.807) is 13.2 Å². The van der Waals surface area contributed by atoms with E-state index in [2.05, 4.69) is 27.9 Å². The van der Waals surface area contributed by atoms with Crippen molar-refractivity contribution in [3.05, 3.63) is 21.8 Å². The molecule has 4 nitrogen and oxygen atoms in total. The highest BCUT2D eigenvalue weighted by Crippen LogP contribution is 2.24. The average Bonchev–Trinajstić information content (AvgIpc) is 2.18. The van der Waals surface area contributed by atoms with E-state index in [4.69, 9.17) is 9.47 Å². The Kier molecular flexibility index (Phi) is 4.62. The minimum absolute atomic E-state index is 0.469. The van der Waals surface area contributed by atoms with Gasteiger partial charge in [0.2, 0.25) is 0 Å². The summed E-state index contributed by atoms with van der Waals surface area (Å²) in [6, 6.07) is 5.46. The van der Waals surface area contributed by atoms with E-state index in [9.17, 15) is 4.79 Å². The van der Waals surface area contributed by atoms with Crippen LogP contribution >= 0.6 is 22.6 Å².